The van der Waals surface area contributed by atoms with Crippen LogP contribution in [0.1, 0.15) is 29.6 Å². The fraction of sp³-hybridized carbons (Fsp3) is 0.421. The number of carbonyl (C=O) groups excluding carboxylic acids is 1. The van der Waals surface area contributed by atoms with Crippen molar-refractivity contribution in [1.29, 1.82) is 0 Å². The third-order valence-electron chi connectivity index (χ3n) is 5.42. The zero-order valence-corrected chi connectivity index (χ0v) is 15.4. The Morgan fingerprint density at radius 1 is 1.15 bits per heavy atom. The summed E-state index contributed by atoms with van der Waals surface area (Å²) < 4.78 is 27.2. The Hall–Kier alpha value is -2.28. The Morgan fingerprint density at radius 2 is 2.00 bits per heavy atom. The van der Waals surface area contributed by atoms with Gasteiger partial charge in [-0.15, -0.1) is 0 Å². The summed E-state index contributed by atoms with van der Waals surface area (Å²) in [4.78, 5) is 24.6. The van der Waals surface area contributed by atoms with Crippen LogP contribution in [0, 0.1) is 17.7 Å². The molecular weight excluding hydrogens is 374 g/mol. The minimum atomic E-state index is -0.604. The molecule has 0 spiro atoms. The summed E-state index contributed by atoms with van der Waals surface area (Å²) in [5, 5.41) is 0.272. The highest BCUT2D eigenvalue weighted by Gasteiger charge is 2.39. The van der Waals surface area contributed by atoms with Crippen molar-refractivity contribution in [2.24, 2.45) is 5.92 Å². The zero-order chi connectivity index (χ0) is 19.0. The highest BCUT2D eigenvalue weighted by Crippen LogP contribution is 2.33. The molecule has 27 heavy (non-hydrogen) atoms. The molecule has 5 nitrogen and oxygen atoms in total. The van der Waals surface area contributed by atoms with Crippen LogP contribution in [0.25, 0.3) is 0 Å². The molecule has 0 radical (unpaired) electrons. The first-order valence-electron chi connectivity index (χ1n) is 9.01. The molecule has 0 saturated carbocycles. The van der Waals surface area contributed by atoms with Crippen molar-refractivity contribution < 1.29 is 13.6 Å². The number of likely N-dealkylation sites (tertiary alicyclic amines) is 1. The number of carbonyl (C=O) groups is 1. The van der Waals surface area contributed by atoms with E-state index in [2.05, 4.69) is 14.9 Å². The van der Waals surface area contributed by atoms with Gasteiger partial charge in [0.2, 0.25) is 5.95 Å². The number of anilines is 1. The third-order valence-corrected chi connectivity index (χ3v) is 5.66. The van der Waals surface area contributed by atoms with Gasteiger partial charge in [0, 0.05) is 30.7 Å². The molecule has 2 aliphatic rings. The SMILES string of the molecule is O=C(c1ccc(Cl)cc1F)N1CCCC2CN(c3cnc(F)cn3)CCC21. The van der Waals surface area contributed by atoms with Gasteiger partial charge >= 0.3 is 0 Å². The lowest BCUT2D eigenvalue weighted by Crippen LogP contribution is -2.56. The van der Waals surface area contributed by atoms with Gasteiger partial charge in [0.25, 0.3) is 5.91 Å². The summed E-state index contributed by atoms with van der Waals surface area (Å²) in [5.41, 5.74) is 0.0619. The maximum atomic E-state index is 14.2. The molecule has 1 amide bonds. The largest absolute Gasteiger partial charge is 0.355 e. The second-order valence-corrected chi connectivity index (χ2v) is 7.46. The van der Waals surface area contributed by atoms with Crippen LogP contribution in [0.3, 0.4) is 0 Å². The summed E-state index contributed by atoms with van der Waals surface area (Å²) in [6.45, 7) is 2.03. The quantitative estimate of drug-likeness (QED) is 0.784. The average Bonchev–Trinajstić information content (AvgIpc) is 2.67. The Bertz CT molecular complexity index is 848. The van der Waals surface area contributed by atoms with Crippen molar-refractivity contribution in [3.8, 4) is 0 Å². The molecule has 0 aliphatic carbocycles. The van der Waals surface area contributed by atoms with Crippen LogP contribution >= 0.6 is 11.6 Å². The normalized spacial score (nSPS) is 22.5. The van der Waals surface area contributed by atoms with Crippen molar-refractivity contribution in [2.45, 2.75) is 25.3 Å². The second-order valence-electron chi connectivity index (χ2n) is 7.02. The van der Waals surface area contributed by atoms with Crippen LogP contribution in [0.4, 0.5) is 14.6 Å². The number of rotatable bonds is 2. The van der Waals surface area contributed by atoms with E-state index in [9.17, 15) is 13.6 Å². The monoisotopic (exact) mass is 392 g/mol. The van der Waals surface area contributed by atoms with E-state index in [1.54, 1.807) is 4.90 Å². The minimum Gasteiger partial charge on any atom is -0.355 e. The number of hydrogen-bond acceptors (Lipinski definition) is 4. The maximum absolute atomic E-state index is 14.2. The molecule has 3 heterocycles. The van der Waals surface area contributed by atoms with E-state index in [4.69, 9.17) is 11.6 Å². The van der Waals surface area contributed by atoms with Crippen LogP contribution < -0.4 is 4.90 Å². The molecule has 2 aromatic rings. The molecule has 0 bridgehead atoms. The van der Waals surface area contributed by atoms with Gasteiger partial charge in [0.1, 0.15) is 11.6 Å². The van der Waals surface area contributed by atoms with Crippen LogP contribution in [-0.2, 0) is 0 Å². The van der Waals surface area contributed by atoms with Crippen LogP contribution in [0.5, 0.6) is 0 Å². The van der Waals surface area contributed by atoms with Crippen molar-refractivity contribution in [3.63, 3.8) is 0 Å². The molecule has 1 aromatic heterocycles. The number of piperidine rings is 2. The molecule has 2 fully saturated rings. The highest BCUT2D eigenvalue weighted by atomic mass is 35.5. The molecule has 2 atom stereocenters. The van der Waals surface area contributed by atoms with E-state index >= 15 is 0 Å². The number of amides is 1. The molecule has 2 aliphatic heterocycles. The van der Waals surface area contributed by atoms with Gasteiger partial charge in [-0.3, -0.25) is 4.79 Å². The fourth-order valence-corrected chi connectivity index (χ4v) is 4.31. The number of aromatic nitrogens is 2. The molecular formula is C19H19ClF2N4O. The molecule has 142 valence electrons. The van der Waals surface area contributed by atoms with E-state index in [0.29, 0.717) is 18.9 Å². The lowest BCUT2D eigenvalue weighted by Gasteiger charge is -2.47. The molecule has 2 saturated heterocycles. The van der Waals surface area contributed by atoms with Gasteiger partial charge in [-0.25, -0.2) is 14.4 Å². The summed E-state index contributed by atoms with van der Waals surface area (Å²) in [6.07, 6.45) is 5.16. The van der Waals surface area contributed by atoms with Crippen molar-refractivity contribution in [2.75, 3.05) is 24.5 Å². The van der Waals surface area contributed by atoms with Crippen LogP contribution in [0.2, 0.25) is 5.02 Å². The first-order chi connectivity index (χ1) is 13.0. The zero-order valence-electron chi connectivity index (χ0n) is 14.6. The first-order valence-corrected chi connectivity index (χ1v) is 9.39. The van der Waals surface area contributed by atoms with Gasteiger partial charge in [-0.05, 0) is 43.4 Å². The minimum absolute atomic E-state index is 0.0611. The third kappa shape index (κ3) is 3.60. The van der Waals surface area contributed by atoms with Crippen LogP contribution in [-0.4, -0.2) is 46.5 Å². The van der Waals surface area contributed by atoms with Gasteiger partial charge in [-0.1, -0.05) is 11.6 Å². The topological polar surface area (TPSA) is 49.3 Å². The van der Waals surface area contributed by atoms with Crippen molar-refractivity contribution in [1.82, 2.24) is 14.9 Å². The van der Waals surface area contributed by atoms with Gasteiger partial charge in [0.15, 0.2) is 0 Å². The van der Waals surface area contributed by atoms with Gasteiger partial charge < -0.3 is 9.80 Å². The lowest BCUT2D eigenvalue weighted by atomic mass is 9.83. The summed E-state index contributed by atoms with van der Waals surface area (Å²) in [5.74, 6) is -0.573. The van der Waals surface area contributed by atoms with Crippen molar-refractivity contribution >= 4 is 23.3 Å². The Morgan fingerprint density at radius 3 is 2.74 bits per heavy atom. The maximum Gasteiger partial charge on any atom is 0.257 e. The average molecular weight is 393 g/mol. The van der Waals surface area contributed by atoms with Crippen molar-refractivity contribution in [3.05, 3.63) is 52.9 Å². The fourth-order valence-electron chi connectivity index (χ4n) is 4.15. The molecule has 0 N–H and O–H groups in total. The van der Waals surface area contributed by atoms with E-state index in [0.717, 1.165) is 32.0 Å². The van der Waals surface area contributed by atoms with Crippen LogP contribution in [0.15, 0.2) is 30.6 Å². The van der Waals surface area contributed by atoms with E-state index in [1.807, 2.05) is 0 Å². The predicted octanol–water partition coefficient (Wildman–Crippen LogP) is 3.54. The number of nitrogens with zero attached hydrogens (tertiary/aromatic N) is 4. The summed E-state index contributed by atoms with van der Waals surface area (Å²) >= 11 is 5.80. The number of benzene rings is 1. The number of fused-ring (bicyclic) bond motifs is 1. The summed E-state index contributed by atoms with van der Waals surface area (Å²) in [6, 6.07) is 4.22. The molecule has 4 rings (SSSR count). The number of hydrogen-bond donors (Lipinski definition) is 0. The van der Waals surface area contributed by atoms with E-state index in [1.165, 1.54) is 24.4 Å². The smallest absolute Gasteiger partial charge is 0.257 e. The Balaban J connectivity index is 1.51. The Labute approximate surface area is 161 Å². The molecule has 8 heteroatoms. The van der Waals surface area contributed by atoms with E-state index in [-0.39, 0.29) is 28.5 Å². The first kappa shape index (κ1) is 18.1. The summed E-state index contributed by atoms with van der Waals surface area (Å²) in [7, 11) is 0. The molecule has 1 aromatic carbocycles. The van der Waals surface area contributed by atoms with E-state index < -0.39 is 11.8 Å². The van der Waals surface area contributed by atoms with Gasteiger partial charge in [0.05, 0.1) is 18.0 Å². The second kappa shape index (κ2) is 7.38. The Kier molecular flexibility index (Phi) is 4.95. The standard InChI is InChI=1S/C19H19ClF2N4O/c20-13-3-4-14(15(21)8-13)19(27)26-6-1-2-12-11-25(7-5-16(12)26)18-10-23-17(22)9-24-18/h3-4,8-10,12,16H,1-2,5-7,11H2. The number of halogens is 3. The lowest BCUT2D eigenvalue weighted by molar-refractivity contribution is 0.0444. The molecule has 2 unspecified atom stereocenters. The van der Waals surface area contributed by atoms with Gasteiger partial charge in [-0.2, -0.15) is 4.39 Å². The highest BCUT2D eigenvalue weighted by molar-refractivity contribution is 6.30. The predicted molar refractivity (Wildman–Crippen MR) is 97.8 cm³/mol.